The standard InChI is InChI=1S/C16H11BrO/c17-14-8-7-13-10-16(18)15-4-2-1-3-11(15)5-6-12(13)9-14/h1-10,18H/b6-5-,11-5?,12-6?,13-10?,16-10+,16-15?. The first kappa shape index (κ1) is 11.3. The first-order valence-electron chi connectivity index (χ1n) is 5.72. The van der Waals surface area contributed by atoms with Crippen molar-refractivity contribution in [2.24, 2.45) is 0 Å². The van der Waals surface area contributed by atoms with E-state index in [2.05, 4.69) is 22.0 Å². The average molecular weight is 299 g/mol. The molecule has 0 aliphatic heterocycles. The largest absolute Gasteiger partial charge is 0.507 e. The van der Waals surface area contributed by atoms with Crippen molar-refractivity contribution in [3.8, 4) is 0 Å². The van der Waals surface area contributed by atoms with Crippen LogP contribution >= 0.6 is 15.9 Å². The van der Waals surface area contributed by atoms with Crippen LogP contribution in [-0.2, 0) is 0 Å². The van der Waals surface area contributed by atoms with E-state index in [1.165, 1.54) is 0 Å². The van der Waals surface area contributed by atoms with Crippen molar-refractivity contribution in [2.45, 2.75) is 0 Å². The lowest BCUT2D eigenvalue weighted by molar-refractivity contribution is 0.515. The van der Waals surface area contributed by atoms with Gasteiger partial charge in [0.15, 0.2) is 0 Å². The van der Waals surface area contributed by atoms with Gasteiger partial charge in [-0.25, -0.2) is 0 Å². The molecule has 0 radical (unpaired) electrons. The first-order chi connectivity index (χ1) is 8.74. The van der Waals surface area contributed by atoms with E-state index in [0.29, 0.717) is 5.76 Å². The number of aliphatic hydroxyl groups is 1. The van der Waals surface area contributed by atoms with E-state index in [1.807, 2.05) is 54.6 Å². The Bertz CT molecular complexity index is 669. The second-order valence-corrected chi connectivity index (χ2v) is 5.14. The van der Waals surface area contributed by atoms with E-state index in [9.17, 15) is 5.11 Å². The van der Waals surface area contributed by atoms with Gasteiger partial charge in [-0.1, -0.05) is 58.4 Å². The molecule has 2 aromatic carbocycles. The molecule has 1 aliphatic carbocycles. The molecule has 88 valence electrons. The van der Waals surface area contributed by atoms with Crippen LogP contribution < -0.4 is 0 Å². The van der Waals surface area contributed by atoms with Gasteiger partial charge in [-0.3, -0.25) is 0 Å². The lowest BCUT2D eigenvalue weighted by Gasteiger charge is -2.10. The van der Waals surface area contributed by atoms with Gasteiger partial charge in [0, 0.05) is 10.0 Å². The molecule has 0 aromatic heterocycles. The lowest BCUT2D eigenvalue weighted by atomic mass is 9.97. The van der Waals surface area contributed by atoms with Crippen LogP contribution in [0.1, 0.15) is 22.3 Å². The van der Waals surface area contributed by atoms with Crippen molar-refractivity contribution in [2.75, 3.05) is 0 Å². The van der Waals surface area contributed by atoms with Crippen molar-refractivity contribution in [3.63, 3.8) is 0 Å². The van der Waals surface area contributed by atoms with Crippen LogP contribution in [0.15, 0.2) is 46.9 Å². The number of fused-ring (bicyclic) bond motifs is 2. The van der Waals surface area contributed by atoms with Gasteiger partial charge in [-0.2, -0.15) is 0 Å². The summed E-state index contributed by atoms with van der Waals surface area (Å²) in [5.41, 5.74) is 3.99. The molecular formula is C16H11BrO. The zero-order valence-corrected chi connectivity index (χ0v) is 11.2. The van der Waals surface area contributed by atoms with Gasteiger partial charge < -0.3 is 5.11 Å². The summed E-state index contributed by atoms with van der Waals surface area (Å²) in [7, 11) is 0. The predicted molar refractivity (Wildman–Crippen MR) is 80.0 cm³/mol. The predicted octanol–water partition coefficient (Wildman–Crippen LogP) is 4.99. The zero-order valence-electron chi connectivity index (χ0n) is 9.60. The van der Waals surface area contributed by atoms with Gasteiger partial charge in [0.05, 0.1) is 0 Å². The highest BCUT2D eigenvalue weighted by molar-refractivity contribution is 9.10. The summed E-state index contributed by atoms with van der Waals surface area (Å²) in [5.74, 6) is 0.304. The van der Waals surface area contributed by atoms with E-state index in [0.717, 1.165) is 26.7 Å². The van der Waals surface area contributed by atoms with Crippen LogP contribution in [0.4, 0.5) is 0 Å². The highest BCUT2D eigenvalue weighted by atomic mass is 79.9. The molecule has 0 bridgehead atoms. The Morgan fingerprint density at radius 1 is 0.833 bits per heavy atom. The zero-order chi connectivity index (χ0) is 12.5. The minimum absolute atomic E-state index is 0.304. The summed E-state index contributed by atoms with van der Waals surface area (Å²) >= 11 is 3.47. The fourth-order valence-corrected chi connectivity index (χ4v) is 2.48. The summed E-state index contributed by atoms with van der Waals surface area (Å²) in [5, 5.41) is 10.2. The molecule has 0 saturated heterocycles. The Hall–Kier alpha value is -1.80. The molecule has 18 heavy (non-hydrogen) atoms. The van der Waals surface area contributed by atoms with Crippen LogP contribution in [0.2, 0.25) is 0 Å². The summed E-state index contributed by atoms with van der Waals surface area (Å²) in [6, 6.07) is 13.8. The van der Waals surface area contributed by atoms with Gasteiger partial charge in [-0.05, 0) is 34.9 Å². The summed E-state index contributed by atoms with van der Waals surface area (Å²) in [4.78, 5) is 0. The maximum atomic E-state index is 10.2. The third kappa shape index (κ3) is 2.00. The number of hydrogen-bond acceptors (Lipinski definition) is 1. The number of benzene rings is 2. The quantitative estimate of drug-likeness (QED) is 0.726. The van der Waals surface area contributed by atoms with Crippen molar-refractivity contribution in [3.05, 3.63) is 69.2 Å². The minimum Gasteiger partial charge on any atom is -0.507 e. The van der Waals surface area contributed by atoms with Crippen LogP contribution in [0, 0.1) is 0 Å². The average Bonchev–Trinajstić information content (AvgIpc) is 2.37. The Kier molecular flexibility index (Phi) is 2.80. The molecule has 1 N–H and O–H groups in total. The lowest BCUT2D eigenvalue weighted by Crippen LogP contribution is -1.92. The number of rotatable bonds is 0. The highest BCUT2D eigenvalue weighted by Crippen LogP contribution is 2.28. The first-order valence-corrected chi connectivity index (χ1v) is 6.51. The Morgan fingerprint density at radius 2 is 1.61 bits per heavy atom. The van der Waals surface area contributed by atoms with Crippen molar-refractivity contribution in [1.82, 2.24) is 0 Å². The van der Waals surface area contributed by atoms with Crippen LogP contribution in [0.5, 0.6) is 0 Å². The fraction of sp³-hybridized carbons (Fsp3) is 0. The maximum Gasteiger partial charge on any atom is 0.124 e. The summed E-state index contributed by atoms with van der Waals surface area (Å²) < 4.78 is 1.03. The Morgan fingerprint density at radius 3 is 2.50 bits per heavy atom. The third-order valence-electron chi connectivity index (χ3n) is 3.02. The molecule has 0 unspecified atom stereocenters. The van der Waals surface area contributed by atoms with Gasteiger partial charge in [-0.15, -0.1) is 0 Å². The smallest absolute Gasteiger partial charge is 0.124 e. The normalized spacial score (nSPS) is 17.7. The summed E-state index contributed by atoms with van der Waals surface area (Å²) in [6.07, 6.45) is 5.91. The van der Waals surface area contributed by atoms with Gasteiger partial charge in [0.25, 0.3) is 0 Å². The van der Waals surface area contributed by atoms with Gasteiger partial charge >= 0.3 is 0 Å². The second kappa shape index (κ2) is 4.46. The van der Waals surface area contributed by atoms with Crippen LogP contribution in [-0.4, -0.2) is 5.11 Å². The van der Waals surface area contributed by atoms with Crippen molar-refractivity contribution >= 4 is 39.9 Å². The Balaban J connectivity index is 2.24. The van der Waals surface area contributed by atoms with Crippen LogP contribution in [0.3, 0.4) is 0 Å². The van der Waals surface area contributed by atoms with E-state index in [1.54, 1.807) is 0 Å². The van der Waals surface area contributed by atoms with Gasteiger partial charge in [0.1, 0.15) is 5.76 Å². The van der Waals surface area contributed by atoms with E-state index >= 15 is 0 Å². The number of halogens is 1. The molecule has 0 spiro atoms. The molecule has 2 aromatic rings. The van der Waals surface area contributed by atoms with Crippen molar-refractivity contribution < 1.29 is 5.11 Å². The molecular weight excluding hydrogens is 288 g/mol. The molecule has 0 saturated carbocycles. The Labute approximate surface area is 114 Å². The molecule has 1 aliphatic rings. The van der Waals surface area contributed by atoms with Crippen molar-refractivity contribution in [1.29, 1.82) is 0 Å². The second-order valence-electron chi connectivity index (χ2n) is 4.22. The third-order valence-corrected chi connectivity index (χ3v) is 3.51. The molecule has 3 rings (SSSR count). The maximum absolute atomic E-state index is 10.2. The summed E-state index contributed by atoms with van der Waals surface area (Å²) in [6.45, 7) is 0. The highest BCUT2D eigenvalue weighted by Gasteiger charge is 2.08. The number of aliphatic hydroxyl groups excluding tert-OH is 1. The fourth-order valence-electron chi connectivity index (χ4n) is 2.10. The topological polar surface area (TPSA) is 20.2 Å². The molecule has 0 fully saturated rings. The van der Waals surface area contributed by atoms with E-state index in [-0.39, 0.29) is 0 Å². The number of hydrogen-bond donors (Lipinski definition) is 1. The van der Waals surface area contributed by atoms with Gasteiger partial charge in [0.2, 0.25) is 0 Å². The molecule has 2 heteroatoms. The molecule has 0 amide bonds. The van der Waals surface area contributed by atoms with Crippen LogP contribution in [0.25, 0.3) is 24.0 Å². The SMILES string of the molecule is O/C1=C/c2ccc(Br)cc2/C=C\c2ccccc21. The molecule has 0 heterocycles. The molecule has 1 nitrogen and oxygen atoms in total. The van der Waals surface area contributed by atoms with E-state index < -0.39 is 0 Å². The monoisotopic (exact) mass is 298 g/mol. The molecule has 0 atom stereocenters. The van der Waals surface area contributed by atoms with E-state index in [4.69, 9.17) is 0 Å². The minimum atomic E-state index is 0.304.